The van der Waals surface area contributed by atoms with Crippen molar-refractivity contribution in [1.82, 2.24) is 0 Å². The number of thiol groups is 1. The second-order valence-corrected chi connectivity index (χ2v) is 3.64. The van der Waals surface area contributed by atoms with Crippen molar-refractivity contribution in [3.8, 4) is 29.1 Å². The first-order valence-corrected chi connectivity index (χ1v) is 5.79. The number of rotatable bonds is 4. The Bertz CT molecular complexity index is 407. The van der Waals surface area contributed by atoms with Gasteiger partial charge >= 0.3 is 0 Å². The van der Waals surface area contributed by atoms with Crippen molar-refractivity contribution >= 4 is 12.6 Å². The van der Waals surface area contributed by atoms with Gasteiger partial charge in [0.1, 0.15) is 0 Å². The maximum atomic E-state index is 5.24. The molecule has 4 heteroatoms. The largest absolute Gasteiger partial charge is 0.493 e. The molecule has 0 unspecified atom stereocenters. The van der Waals surface area contributed by atoms with Gasteiger partial charge in [0.25, 0.3) is 0 Å². The number of hydrogen-bond donors (Lipinski definition) is 1. The molecule has 0 N–H and O–H groups in total. The summed E-state index contributed by atoms with van der Waals surface area (Å²) in [6.07, 6.45) is 0.750. The first-order chi connectivity index (χ1) is 8.26. The minimum absolute atomic E-state index is 0.578. The van der Waals surface area contributed by atoms with E-state index in [4.69, 9.17) is 14.2 Å². The van der Waals surface area contributed by atoms with Gasteiger partial charge in [-0.3, -0.25) is 0 Å². The highest BCUT2D eigenvalue weighted by Gasteiger charge is 2.11. The molecule has 17 heavy (non-hydrogen) atoms. The summed E-state index contributed by atoms with van der Waals surface area (Å²) < 4.78 is 15.7. The van der Waals surface area contributed by atoms with E-state index in [0.717, 1.165) is 17.7 Å². The molecule has 92 valence electrons. The van der Waals surface area contributed by atoms with Gasteiger partial charge in [0.2, 0.25) is 5.75 Å². The summed E-state index contributed by atoms with van der Waals surface area (Å²) in [7, 11) is 4.75. The normalized spacial score (nSPS) is 9.18. The molecular weight excluding hydrogens is 236 g/mol. The molecule has 1 aromatic rings. The molecule has 0 radical (unpaired) electrons. The summed E-state index contributed by atoms with van der Waals surface area (Å²) >= 11 is 4.10. The van der Waals surface area contributed by atoms with Crippen LogP contribution in [0.1, 0.15) is 12.0 Å². The van der Waals surface area contributed by atoms with Crippen LogP contribution in [0.4, 0.5) is 0 Å². The molecule has 0 aromatic heterocycles. The maximum absolute atomic E-state index is 5.24. The lowest BCUT2D eigenvalue weighted by atomic mass is 10.2. The Morgan fingerprint density at radius 3 is 2.06 bits per heavy atom. The van der Waals surface area contributed by atoms with Gasteiger partial charge in [-0.2, -0.15) is 12.6 Å². The first kappa shape index (κ1) is 13.6. The highest BCUT2D eigenvalue weighted by molar-refractivity contribution is 7.80. The van der Waals surface area contributed by atoms with E-state index in [-0.39, 0.29) is 0 Å². The van der Waals surface area contributed by atoms with Gasteiger partial charge in [-0.1, -0.05) is 11.8 Å². The van der Waals surface area contributed by atoms with E-state index < -0.39 is 0 Å². The molecule has 0 fully saturated rings. The first-order valence-electron chi connectivity index (χ1n) is 5.16. The van der Waals surface area contributed by atoms with Crippen LogP contribution in [0.2, 0.25) is 0 Å². The van der Waals surface area contributed by atoms with Crippen LogP contribution in [-0.2, 0) is 0 Å². The zero-order valence-corrected chi connectivity index (χ0v) is 11.1. The summed E-state index contributed by atoms with van der Waals surface area (Å²) in [5.74, 6) is 8.60. The summed E-state index contributed by atoms with van der Waals surface area (Å²) in [5.41, 5.74) is 0.835. The predicted molar refractivity (Wildman–Crippen MR) is 71.4 cm³/mol. The molecule has 1 rings (SSSR count). The van der Waals surface area contributed by atoms with E-state index in [2.05, 4.69) is 24.5 Å². The fourth-order valence-corrected chi connectivity index (χ4v) is 1.49. The lowest BCUT2D eigenvalue weighted by Crippen LogP contribution is -1.95. The molecule has 0 amide bonds. The van der Waals surface area contributed by atoms with Crippen LogP contribution >= 0.6 is 12.6 Å². The van der Waals surface area contributed by atoms with Gasteiger partial charge in [0.15, 0.2) is 11.5 Å². The van der Waals surface area contributed by atoms with Gasteiger partial charge < -0.3 is 14.2 Å². The highest BCUT2D eigenvalue weighted by Crippen LogP contribution is 2.37. The Kier molecular flexibility index (Phi) is 5.58. The minimum Gasteiger partial charge on any atom is -0.493 e. The van der Waals surface area contributed by atoms with Crippen molar-refractivity contribution in [3.05, 3.63) is 17.7 Å². The Balaban J connectivity index is 3.14. The molecule has 3 nitrogen and oxygen atoms in total. The third-order valence-corrected chi connectivity index (χ3v) is 2.36. The second-order valence-electron chi connectivity index (χ2n) is 3.19. The summed E-state index contributed by atoms with van der Waals surface area (Å²) in [6.45, 7) is 0. The van der Waals surface area contributed by atoms with E-state index in [9.17, 15) is 0 Å². The van der Waals surface area contributed by atoms with E-state index in [1.165, 1.54) is 0 Å². The molecule has 0 bridgehead atoms. The molecular formula is C13H16O3S. The molecule has 0 aliphatic heterocycles. The van der Waals surface area contributed by atoms with Crippen LogP contribution in [0.25, 0.3) is 0 Å². The van der Waals surface area contributed by atoms with Crippen molar-refractivity contribution in [3.63, 3.8) is 0 Å². The lowest BCUT2D eigenvalue weighted by Gasteiger charge is -2.12. The van der Waals surface area contributed by atoms with Crippen LogP contribution in [0.15, 0.2) is 12.1 Å². The summed E-state index contributed by atoms with van der Waals surface area (Å²) in [4.78, 5) is 0. The van der Waals surface area contributed by atoms with Gasteiger partial charge in [0.05, 0.1) is 21.3 Å². The van der Waals surface area contributed by atoms with Crippen molar-refractivity contribution in [2.75, 3.05) is 27.1 Å². The van der Waals surface area contributed by atoms with Crippen LogP contribution in [0, 0.1) is 11.8 Å². The van der Waals surface area contributed by atoms with Gasteiger partial charge in [0, 0.05) is 17.7 Å². The minimum atomic E-state index is 0.578. The number of methoxy groups -OCH3 is 3. The summed E-state index contributed by atoms with van der Waals surface area (Å²) in [6, 6.07) is 3.65. The Morgan fingerprint density at radius 2 is 1.65 bits per heavy atom. The Morgan fingerprint density at radius 1 is 1.06 bits per heavy atom. The average Bonchev–Trinajstić information content (AvgIpc) is 2.37. The van der Waals surface area contributed by atoms with E-state index in [1.54, 1.807) is 21.3 Å². The van der Waals surface area contributed by atoms with Crippen LogP contribution in [0.5, 0.6) is 17.2 Å². The van der Waals surface area contributed by atoms with Crippen molar-refractivity contribution in [2.45, 2.75) is 6.42 Å². The van der Waals surface area contributed by atoms with Crippen molar-refractivity contribution < 1.29 is 14.2 Å². The molecule has 0 saturated heterocycles. The standard InChI is InChI=1S/C13H16O3S/c1-14-11-8-10(6-4-5-7-17)9-12(15-2)13(11)16-3/h8-9,17H,5,7H2,1-3H3. The van der Waals surface area contributed by atoms with Gasteiger partial charge in [-0.05, 0) is 12.1 Å². The van der Waals surface area contributed by atoms with Crippen LogP contribution < -0.4 is 14.2 Å². The Hall–Kier alpha value is -1.47. The molecule has 0 saturated carbocycles. The topological polar surface area (TPSA) is 27.7 Å². The quantitative estimate of drug-likeness (QED) is 0.658. The molecule has 0 heterocycles. The summed E-state index contributed by atoms with van der Waals surface area (Å²) in [5, 5.41) is 0. The number of ether oxygens (including phenoxy) is 3. The second kappa shape index (κ2) is 6.97. The zero-order chi connectivity index (χ0) is 12.7. The molecule has 0 aliphatic carbocycles. The van der Waals surface area contributed by atoms with Crippen molar-refractivity contribution in [1.29, 1.82) is 0 Å². The average molecular weight is 252 g/mol. The van der Waals surface area contributed by atoms with E-state index in [0.29, 0.717) is 17.2 Å². The molecule has 0 atom stereocenters. The van der Waals surface area contributed by atoms with Crippen molar-refractivity contribution in [2.24, 2.45) is 0 Å². The van der Waals surface area contributed by atoms with Gasteiger partial charge in [-0.25, -0.2) is 0 Å². The molecule has 0 spiro atoms. The van der Waals surface area contributed by atoms with Crippen LogP contribution in [-0.4, -0.2) is 27.1 Å². The maximum Gasteiger partial charge on any atom is 0.203 e. The fourth-order valence-electron chi connectivity index (χ4n) is 1.37. The zero-order valence-electron chi connectivity index (χ0n) is 10.2. The fraction of sp³-hybridized carbons (Fsp3) is 0.385. The third kappa shape index (κ3) is 3.50. The lowest BCUT2D eigenvalue weighted by molar-refractivity contribution is 0.324. The highest BCUT2D eigenvalue weighted by atomic mass is 32.1. The monoisotopic (exact) mass is 252 g/mol. The smallest absolute Gasteiger partial charge is 0.203 e. The number of benzene rings is 1. The molecule has 1 aromatic carbocycles. The Labute approximate surface area is 107 Å². The van der Waals surface area contributed by atoms with E-state index in [1.807, 2.05) is 12.1 Å². The predicted octanol–water partition coefficient (Wildman–Crippen LogP) is 2.38. The number of hydrogen-bond acceptors (Lipinski definition) is 4. The third-order valence-electron chi connectivity index (χ3n) is 2.13. The molecule has 0 aliphatic rings. The van der Waals surface area contributed by atoms with Gasteiger partial charge in [-0.15, -0.1) is 0 Å². The van der Waals surface area contributed by atoms with Crippen LogP contribution in [0.3, 0.4) is 0 Å². The SMILES string of the molecule is COc1cc(C#CCCS)cc(OC)c1OC. The van der Waals surface area contributed by atoms with E-state index >= 15 is 0 Å².